The average molecular weight is 415 g/mol. The molecule has 10 heteroatoms. The van der Waals surface area contributed by atoms with Crippen molar-refractivity contribution in [1.29, 1.82) is 5.26 Å². The molecule has 0 spiro atoms. The fraction of sp³-hybridized carbons (Fsp3) is 0.450. The Kier molecular flexibility index (Phi) is 6.20. The molecule has 0 radical (unpaired) electrons. The van der Waals surface area contributed by atoms with E-state index in [2.05, 4.69) is 11.4 Å². The van der Waals surface area contributed by atoms with Crippen molar-refractivity contribution in [1.82, 2.24) is 5.32 Å². The van der Waals surface area contributed by atoms with Crippen LogP contribution in [0.3, 0.4) is 0 Å². The number of nitrogens with one attached hydrogen (secondary N) is 1. The third-order valence-corrected chi connectivity index (χ3v) is 5.06. The molecule has 1 saturated carbocycles. The van der Waals surface area contributed by atoms with Gasteiger partial charge >= 0.3 is 5.97 Å². The summed E-state index contributed by atoms with van der Waals surface area (Å²) in [6.45, 7) is 1.36. The molecule has 10 nitrogen and oxygen atoms in total. The van der Waals surface area contributed by atoms with Crippen molar-refractivity contribution in [2.24, 2.45) is 0 Å². The predicted molar refractivity (Wildman–Crippen MR) is 103 cm³/mol. The smallest absolute Gasteiger partial charge is 0.331 e. The normalized spacial score (nSPS) is 17.7. The number of hydrogen-bond donors (Lipinski definition) is 1. The number of nitriles is 1. The van der Waals surface area contributed by atoms with Crippen LogP contribution < -0.4 is 14.8 Å². The second-order valence-corrected chi connectivity index (χ2v) is 7.18. The molecule has 0 bridgehead atoms. The van der Waals surface area contributed by atoms with E-state index in [9.17, 15) is 25.0 Å². The summed E-state index contributed by atoms with van der Waals surface area (Å²) in [5.41, 5.74) is -1.06. The van der Waals surface area contributed by atoms with Gasteiger partial charge in [-0.15, -0.1) is 0 Å². The largest absolute Gasteiger partial charge is 0.454 e. The molecule has 1 heterocycles. The minimum atomic E-state index is -1.12. The minimum Gasteiger partial charge on any atom is -0.454 e. The first-order valence-electron chi connectivity index (χ1n) is 9.53. The lowest BCUT2D eigenvalue weighted by molar-refractivity contribution is -0.385. The molecule has 2 aliphatic rings. The third kappa shape index (κ3) is 4.68. The summed E-state index contributed by atoms with van der Waals surface area (Å²) in [6.07, 6.45) is 4.91. The Balaban J connectivity index is 1.64. The lowest BCUT2D eigenvalue weighted by Crippen LogP contribution is -2.52. The molecule has 1 aromatic rings. The summed E-state index contributed by atoms with van der Waals surface area (Å²) >= 11 is 0. The Bertz CT molecular complexity index is 929. The second-order valence-electron chi connectivity index (χ2n) is 7.18. The Labute approximate surface area is 172 Å². The zero-order valence-electron chi connectivity index (χ0n) is 16.4. The topological polar surface area (TPSA) is 141 Å². The van der Waals surface area contributed by atoms with Crippen molar-refractivity contribution in [3.63, 3.8) is 0 Å². The Morgan fingerprint density at radius 3 is 2.60 bits per heavy atom. The van der Waals surface area contributed by atoms with Crippen LogP contribution in [0.25, 0.3) is 6.08 Å². The van der Waals surface area contributed by atoms with E-state index in [0.717, 1.165) is 25.3 Å². The minimum absolute atomic E-state index is 0.0431. The van der Waals surface area contributed by atoms with Crippen molar-refractivity contribution in [2.75, 3.05) is 6.79 Å². The van der Waals surface area contributed by atoms with Crippen LogP contribution in [0.1, 0.15) is 44.6 Å². The van der Waals surface area contributed by atoms with Gasteiger partial charge in [0, 0.05) is 6.08 Å². The van der Waals surface area contributed by atoms with Gasteiger partial charge in [0.1, 0.15) is 5.54 Å². The van der Waals surface area contributed by atoms with E-state index in [-0.39, 0.29) is 23.8 Å². The number of benzene rings is 1. The molecule has 0 unspecified atom stereocenters. The Morgan fingerprint density at radius 1 is 1.30 bits per heavy atom. The molecule has 1 aromatic carbocycles. The molecule has 1 fully saturated rings. The van der Waals surface area contributed by atoms with Crippen LogP contribution in [0.15, 0.2) is 18.2 Å². The monoisotopic (exact) mass is 415 g/mol. The number of hydrogen-bond acceptors (Lipinski definition) is 8. The van der Waals surface area contributed by atoms with Gasteiger partial charge in [0.05, 0.1) is 22.6 Å². The first kappa shape index (κ1) is 21.1. The van der Waals surface area contributed by atoms with Gasteiger partial charge in [0.25, 0.3) is 11.6 Å². The summed E-state index contributed by atoms with van der Waals surface area (Å²) in [4.78, 5) is 35.1. The molecule has 30 heavy (non-hydrogen) atoms. The number of carbonyl (C=O) groups is 2. The highest BCUT2D eigenvalue weighted by atomic mass is 16.7. The number of carbonyl (C=O) groups excluding carboxylic acids is 2. The zero-order chi connectivity index (χ0) is 21.7. The number of nitro benzene ring substituents is 1. The SMILES string of the molecule is C[C@H](OC(=O)/C=C/c1cc2c(cc1[N+](=O)[O-])OCO2)C(=O)NC1(C#N)CCCCC1. The second kappa shape index (κ2) is 8.82. The highest BCUT2D eigenvalue weighted by molar-refractivity contribution is 5.91. The van der Waals surface area contributed by atoms with E-state index in [4.69, 9.17) is 14.2 Å². The van der Waals surface area contributed by atoms with E-state index < -0.39 is 28.4 Å². The van der Waals surface area contributed by atoms with Crippen LogP contribution in [0.4, 0.5) is 5.69 Å². The number of nitro groups is 1. The molecule has 1 N–H and O–H groups in total. The first-order valence-corrected chi connectivity index (χ1v) is 9.53. The maximum Gasteiger partial charge on any atom is 0.331 e. The number of fused-ring (bicyclic) bond motifs is 1. The van der Waals surface area contributed by atoms with Crippen LogP contribution in [-0.2, 0) is 14.3 Å². The van der Waals surface area contributed by atoms with Gasteiger partial charge in [-0.2, -0.15) is 5.26 Å². The van der Waals surface area contributed by atoms with E-state index in [1.54, 1.807) is 0 Å². The quantitative estimate of drug-likeness (QED) is 0.323. The Hall–Kier alpha value is -3.61. The van der Waals surface area contributed by atoms with E-state index in [1.165, 1.54) is 25.1 Å². The average Bonchev–Trinajstić information content (AvgIpc) is 3.19. The van der Waals surface area contributed by atoms with Crippen LogP contribution in [0.2, 0.25) is 0 Å². The summed E-state index contributed by atoms with van der Waals surface area (Å²) in [6, 6.07) is 4.77. The van der Waals surface area contributed by atoms with Crippen LogP contribution >= 0.6 is 0 Å². The number of rotatable bonds is 6. The van der Waals surface area contributed by atoms with Crippen molar-refractivity contribution in [3.8, 4) is 17.6 Å². The van der Waals surface area contributed by atoms with Gasteiger partial charge in [-0.25, -0.2) is 4.79 Å². The van der Waals surface area contributed by atoms with Gasteiger partial charge in [0.2, 0.25) is 6.79 Å². The lowest BCUT2D eigenvalue weighted by atomic mass is 9.83. The molecule has 1 amide bonds. The van der Waals surface area contributed by atoms with Crippen molar-refractivity contribution in [2.45, 2.75) is 50.7 Å². The molecule has 1 aliphatic carbocycles. The van der Waals surface area contributed by atoms with Crippen molar-refractivity contribution >= 4 is 23.6 Å². The van der Waals surface area contributed by atoms with Gasteiger partial charge in [0.15, 0.2) is 17.6 Å². The molecular formula is C20H21N3O7. The number of ether oxygens (including phenoxy) is 3. The summed E-state index contributed by atoms with van der Waals surface area (Å²) < 4.78 is 15.4. The van der Waals surface area contributed by atoms with Gasteiger partial charge in [-0.1, -0.05) is 19.3 Å². The van der Waals surface area contributed by atoms with Crippen molar-refractivity contribution < 1.29 is 28.7 Å². The molecule has 158 valence electrons. The summed E-state index contributed by atoms with van der Waals surface area (Å²) in [7, 11) is 0. The molecule has 0 aromatic heterocycles. The fourth-order valence-electron chi connectivity index (χ4n) is 3.42. The van der Waals surface area contributed by atoms with Crippen molar-refractivity contribution in [3.05, 3.63) is 33.9 Å². The number of amides is 1. The molecule has 1 aliphatic heterocycles. The molecular weight excluding hydrogens is 394 g/mol. The third-order valence-electron chi connectivity index (χ3n) is 5.06. The van der Waals surface area contributed by atoms with Gasteiger partial charge in [-0.05, 0) is 31.9 Å². The van der Waals surface area contributed by atoms with Crippen LogP contribution in [0.5, 0.6) is 11.5 Å². The summed E-state index contributed by atoms with van der Waals surface area (Å²) in [5.74, 6) is -0.829. The van der Waals surface area contributed by atoms with Crippen LogP contribution in [-0.4, -0.2) is 35.2 Å². The maximum absolute atomic E-state index is 12.4. The van der Waals surface area contributed by atoms with Crippen LogP contribution in [0, 0.1) is 21.4 Å². The highest BCUT2D eigenvalue weighted by Gasteiger charge is 2.35. The Morgan fingerprint density at radius 2 is 1.97 bits per heavy atom. The van der Waals surface area contributed by atoms with E-state index in [1.807, 2.05) is 0 Å². The van der Waals surface area contributed by atoms with Gasteiger partial charge < -0.3 is 19.5 Å². The van der Waals surface area contributed by atoms with Gasteiger partial charge in [-0.3, -0.25) is 14.9 Å². The highest BCUT2D eigenvalue weighted by Crippen LogP contribution is 2.38. The standard InChI is InChI=1S/C20H21N3O7/c1-13(19(25)22-20(11-21)7-3-2-4-8-20)30-18(24)6-5-14-9-16-17(29-12-28-16)10-15(14)23(26)27/h5-6,9-10,13H,2-4,7-8,12H2,1H3,(H,22,25)/b6-5+/t13-/m0/s1. The zero-order valence-corrected chi connectivity index (χ0v) is 16.4. The lowest BCUT2D eigenvalue weighted by Gasteiger charge is -2.32. The fourth-order valence-corrected chi connectivity index (χ4v) is 3.42. The maximum atomic E-state index is 12.4. The van der Waals surface area contributed by atoms with E-state index in [0.29, 0.717) is 18.6 Å². The molecule has 1 atom stereocenters. The predicted octanol–water partition coefficient (Wildman–Crippen LogP) is 2.61. The molecule has 0 saturated heterocycles. The molecule has 3 rings (SSSR count). The summed E-state index contributed by atoms with van der Waals surface area (Å²) in [5, 5.41) is 23.4. The first-order chi connectivity index (χ1) is 14.3. The number of esters is 1. The van der Waals surface area contributed by atoms with E-state index >= 15 is 0 Å². The number of nitrogens with zero attached hydrogens (tertiary/aromatic N) is 2.